The highest BCUT2D eigenvalue weighted by atomic mass is 79.9. The zero-order valence-electron chi connectivity index (χ0n) is 7.08. The van der Waals surface area contributed by atoms with Gasteiger partial charge in [0.2, 0.25) is 0 Å². The van der Waals surface area contributed by atoms with E-state index < -0.39 is 0 Å². The summed E-state index contributed by atoms with van der Waals surface area (Å²) in [7, 11) is 1.58. The fourth-order valence-corrected chi connectivity index (χ4v) is 1.65. The van der Waals surface area contributed by atoms with Crippen LogP contribution in [-0.2, 0) is 0 Å². The number of ketones is 1. The zero-order valence-corrected chi connectivity index (χ0v) is 9.56. The second-order valence-corrected chi connectivity index (χ2v) is 3.60. The summed E-state index contributed by atoms with van der Waals surface area (Å²) in [5.74, 6) is 0.945. The minimum atomic E-state index is 0.00619. The van der Waals surface area contributed by atoms with E-state index in [0.29, 0.717) is 5.56 Å². The molecular formula is C9H9BrO2S. The van der Waals surface area contributed by atoms with E-state index in [9.17, 15) is 4.79 Å². The Morgan fingerprint density at radius 2 is 2.31 bits per heavy atom. The molecule has 0 radical (unpaired) electrons. The molecule has 0 atom stereocenters. The summed E-state index contributed by atoms with van der Waals surface area (Å²) in [6.07, 6.45) is 0. The Morgan fingerprint density at radius 3 is 2.77 bits per heavy atom. The van der Waals surface area contributed by atoms with Crippen molar-refractivity contribution in [1.29, 1.82) is 0 Å². The van der Waals surface area contributed by atoms with Gasteiger partial charge in [-0.25, -0.2) is 0 Å². The van der Waals surface area contributed by atoms with Crippen molar-refractivity contribution in [3.8, 4) is 5.75 Å². The van der Waals surface area contributed by atoms with Gasteiger partial charge in [-0.3, -0.25) is 4.79 Å². The standard InChI is InChI=1S/C9H9BrO2S/c1-12-9-3-2-6(4-7(9)10)8(11)5-13/h2-4,13H,5H2,1H3. The first-order valence-corrected chi connectivity index (χ1v) is 5.09. The van der Waals surface area contributed by atoms with Crippen LogP contribution >= 0.6 is 28.6 Å². The lowest BCUT2D eigenvalue weighted by Gasteiger charge is -2.04. The average molecular weight is 261 g/mol. The molecule has 0 bridgehead atoms. The SMILES string of the molecule is COc1ccc(C(=O)CS)cc1Br. The van der Waals surface area contributed by atoms with Crippen molar-refractivity contribution in [2.45, 2.75) is 0 Å². The van der Waals surface area contributed by atoms with Crippen molar-refractivity contribution >= 4 is 34.3 Å². The van der Waals surface area contributed by atoms with Crippen LogP contribution in [0.1, 0.15) is 10.4 Å². The predicted molar refractivity (Wildman–Crippen MR) is 58.9 cm³/mol. The first-order valence-electron chi connectivity index (χ1n) is 3.66. The van der Waals surface area contributed by atoms with E-state index in [1.54, 1.807) is 25.3 Å². The molecule has 2 nitrogen and oxygen atoms in total. The Kier molecular flexibility index (Phi) is 3.81. The number of hydrogen-bond donors (Lipinski definition) is 1. The summed E-state index contributed by atoms with van der Waals surface area (Å²) in [5.41, 5.74) is 0.641. The second kappa shape index (κ2) is 4.67. The Bertz CT molecular complexity index is 325. The number of methoxy groups -OCH3 is 1. The third-order valence-corrected chi connectivity index (χ3v) is 2.52. The van der Waals surface area contributed by atoms with E-state index in [4.69, 9.17) is 4.74 Å². The topological polar surface area (TPSA) is 26.3 Å². The fourth-order valence-electron chi connectivity index (χ4n) is 0.931. The molecule has 0 saturated heterocycles. The number of thiol groups is 1. The van der Waals surface area contributed by atoms with Crippen LogP contribution in [0.15, 0.2) is 22.7 Å². The third kappa shape index (κ3) is 2.48. The van der Waals surface area contributed by atoms with Crippen LogP contribution in [0.2, 0.25) is 0 Å². The zero-order chi connectivity index (χ0) is 9.84. The van der Waals surface area contributed by atoms with Gasteiger partial charge in [-0.15, -0.1) is 0 Å². The van der Waals surface area contributed by atoms with Gasteiger partial charge in [0.1, 0.15) is 5.75 Å². The molecule has 0 saturated carbocycles. The maximum absolute atomic E-state index is 11.2. The van der Waals surface area contributed by atoms with Crippen LogP contribution in [0.4, 0.5) is 0 Å². The number of benzene rings is 1. The van der Waals surface area contributed by atoms with E-state index in [2.05, 4.69) is 28.6 Å². The van der Waals surface area contributed by atoms with Crippen LogP contribution < -0.4 is 4.74 Å². The van der Waals surface area contributed by atoms with Crippen molar-refractivity contribution in [2.75, 3.05) is 12.9 Å². The molecule has 13 heavy (non-hydrogen) atoms. The lowest BCUT2D eigenvalue weighted by Crippen LogP contribution is -2.00. The van der Waals surface area contributed by atoms with Crippen LogP contribution in [0.3, 0.4) is 0 Å². The highest BCUT2D eigenvalue weighted by Gasteiger charge is 2.06. The van der Waals surface area contributed by atoms with Crippen LogP contribution in [0.5, 0.6) is 5.75 Å². The second-order valence-electron chi connectivity index (χ2n) is 2.43. The van der Waals surface area contributed by atoms with Gasteiger partial charge in [0.05, 0.1) is 17.3 Å². The lowest BCUT2D eigenvalue weighted by molar-refractivity contribution is 0.102. The van der Waals surface area contributed by atoms with Gasteiger partial charge < -0.3 is 4.74 Å². The van der Waals surface area contributed by atoms with Gasteiger partial charge >= 0.3 is 0 Å². The molecule has 0 spiro atoms. The van der Waals surface area contributed by atoms with Crippen LogP contribution in [0, 0.1) is 0 Å². The molecule has 0 fully saturated rings. The maximum Gasteiger partial charge on any atom is 0.172 e. The highest BCUT2D eigenvalue weighted by molar-refractivity contribution is 9.10. The first-order chi connectivity index (χ1) is 6.19. The molecular weight excluding hydrogens is 252 g/mol. The third-order valence-electron chi connectivity index (χ3n) is 1.62. The van der Waals surface area contributed by atoms with E-state index >= 15 is 0 Å². The summed E-state index contributed by atoms with van der Waals surface area (Å²) < 4.78 is 5.82. The van der Waals surface area contributed by atoms with Crippen LogP contribution in [0.25, 0.3) is 0 Å². The minimum absolute atomic E-state index is 0.00619. The molecule has 4 heteroatoms. The maximum atomic E-state index is 11.2. The van der Waals surface area contributed by atoms with Crippen LogP contribution in [-0.4, -0.2) is 18.6 Å². The Hall–Kier alpha value is -0.480. The first kappa shape index (κ1) is 10.6. The number of halogens is 1. The Morgan fingerprint density at radius 1 is 1.62 bits per heavy atom. The number of carbonyl (C=O) groups excluding carboxylic acids is 1. The molecule has 1 aromatic carbocycles. The fraction of sp³-hybridized carbons (Fsp3) is 0.222. The van der Waals surface area contributed by atoms with E-state index in [1.165, 1.54) is 0 Å². The largest absolute Gasteiger partial charge is 0.496 e. The monoisotopic (exact) mass is 260 g/mol. The minimum Gasteiger partial charge on any atom is -0.496 e. The molecule has 70 valence electrons. The number of Topliss-reactive ketones (excluding diaryl/α,β-unsaturated/α-hetero) is 1. The van der Waals surface area contributed by atoms with Gasteiger partial charge in [-0.2, -0.15) is 12.6 Å². The lowest BCUT2D eigenvalue weighted by atomic mass is 10.1. The molecule has 0 N–H and O–H groups in total. The quantitative estimate of drug-likeness (QED) is 0.668. The highest BCUT2D eigenvalue weighted by Crippen LogP contribution is 2.25. The van der Waals surface area contributed by atoms with Gasteiger partial charge in [0, 0.05) is 5.56 Å². The number of rotatable bonds is 3. The number of hydrogen-bond acceptors (Lipinski definition) is 3. The van der Waals surface area contributed by atoms with Crippen molar-refractivity contribution in [3.63, 3.8) is 0 Å². The molecule has 0 unspecified atom stereocenters. The van der Waals surface area contributed by atoms with Gasteiger partial charge in [0.15, 0.2) is 5.78 Å². The molecule has 0 amide bonds. The number of carbonyl (C=O) groups is 1. The van der Waals surface area contributed by atoms with Gasteiger partial charge in [-0.1, -0.05) is 0 Å². The smallest absolute Gasteiger partial charge is 0.172 e. The molecule has 0 aliphatic carbocycles. The van der Waals surface area contributed by atoms with E-state index in [0.717, 1.165) is 10.2 Å². The van der Waals surface area contributed by atoms with Crippen molar-refractivity contribution in [3.05, 3.63) is 28.2 Å². The summed E-state index contributed by atoms with van der Waals surface area (Å²) in [6, 6.07) is 5.21. The summed E-state index contributed by atoms with van der Waals surface area (Å²) >= 11 is 7.22. The Labute approximate surface area is 90.8 Å². The number of ether oxygens (including phenoxy) is 1. The van der Waals surface area contributed by atoms with Gasteiger partial charge in [-0.05, 0) is 34.1 Å². The molecule has 1 aromatic rings. The molecule has 0 aliphatic heterocycles. The van der Waals surface area contributed by atoms with E-state index in [-0.39, 0.29) is 11.5 Å². The molecule has 0 heterocycles. The van der Waals surface area contributed by atoms with Crippen molar-refractivity contribution in [2.24, 2.45) is 0 Å². The van der Waals surface area contributed by atoms with Crippen molar-refractivity contribution < 1.29 is 9.53 Å². The molecule has 1 rings (SSSR count). The predicted octanol–water partition coefficient (Wildman–Crippen LogP) is 2.57. The average Bonchev–Trinajstić information content (AvgIpc) is 2.16. The summed E-state index contributed by atoms with van der Waals surface area (Å²) in [4.78, 5) is 11.2. The van der Waals surface area contributed by atoms with E-state index in [1.807, 2.05) is 0 Å². The van der Waals surface area contributed by atoms with Gasteiger partial charge in [0.25, 0.3) is 0 Å². The normalized spacial score (nSPS) is 9.77. The molecule has 0 aliphatic rings. The summed E-state index contributed by atoms with van der Waals surface area (Å²) in [5, 5.41) is 0. The van der Waals surface area contributed by atoms with Crippen molar-refractivity contribution in [1.82, 2.24) is 0 Å². The Balaban J connectivity index is 3.02. The summed E-state index contributed by atoms with van der Waals surface area (Å²) in [6.45, 7) is 0. The molecule has 0 aromatic heterocycles.